The van der Waals surface area contributed by atoms with Crippen molar-refractivity contribution in [1.29, 1.82) is 0 Å². The molecule has 1 aromatic carbocycles. The topological polar surface area (TPSA) is 98.6 Å². The lowest BCUT2D eigenvalue weighted by Gasteiger charge is -2.13. The minimum absolute atomic E-state index is 0. The zero-order valence-electron chi connectivity index (χ0n) is 10.3. The smallest absolute Gasteiger partial charge is 0.314 e. The molecule has 0 saturated carbocycles. The van der Waals surface area contributed by atoms with E-state index in [-0.39, 0.29) is 29.9 Å². The third kappa shape index (κ3) is 3.48. The van der Waals surface area contributed by atoms with Gasteiger partial charge in [-0.1, -0.05) is 13.3 Å². The number of hydrogen-bond donors (Lipinski definition) is 2. The van der Waals surface area contributed by atoms with Crippen LogP contribution in [-0.2, 0) is 0 Å². The molecule has 0 unspecified atom stereocenters. The summed E-state index contributed by atoms with van der Waals surface area (Å²) in [6.07, 6.45) is 1.59. The monoisotopic (exact) mass is 276 g/mol. The summed E-state index contributed by atoms with van der Waals surface area (Å²) < 4.78 is 4.89. The molecule has 0 fully saturated rings. The van der Waals surface area contributed by atoms with Crippen molar-refractivity contribution in [3.05, 3.63) is 27.8 Å². The van der Waals surface area contributed by atoms with E-state index < -0.39 is 10.7 Å². The van der Waals surface area contributed by atoms with Crippen molar-refractivity contribution in [2.24, 2.45) is 5.73 Å². The minimum atomic E-state index is -0.653. The van der Waals surface area contributed by atoms with Crippen LogP contribution in [0.2, 0.25) is 0 Å². The van der Waals surface area contributed by atoms with E-state index >= 15 is 0 Å². The molecule has 0 aromatic heterocycles. The third-order valence-corrected chi connectivity index (χ3v) is 2.52. The summed E-state index contributed by atoms with van der Waals surface area (Å²) in [7, 11) is 1.34. The number of halogens is 1. The van der Waals surface area contributed by atoms with Gasteiger partial charge in [-0.2, -0.15) is 0 Å². The number of hydrogen-bond acceptors (Lipinski definition) is 5. The molecule has 0 aliphatic rings. The molecular weight excluding hydrogens is 260 g/mol. The molecule has 0 aliphatic heterocycles. The Morgan fingerprint density at radius 1 is 1.56 bits per heavy atom. The second-order valence-corrected chi connectivity index (χ2v) is 3.74. The quantitative estimate of drug-likeness (QED) is 0.636. The SMILES string of the molecule is CCC[C@H](N)c1cc(OC)c(O)c([N+](=O)[O-])c1.Cl. The fraction of sp³-hybridized carbons (Fsp3) is 0.455. The Hall–Kier alpha value is -1.53. The van der Waals surface area contributed by atoms with Crippen LogP contribution in [0.15, 0.2) is 12.1 Å². The molecule has 1 aromatic rings. The summed E-state index contributed by atoms with van der Waals surface area (Å²) in [5.74, 6) is -0.397. The molecule has 7 heteroatoms. The van der Waals surface area contributed by atoms with Gasteiger partial charge in [0, 0.05) is 12.1 Å². The van der Waals surface area contributed by atoms with Gasteiger partial charge in [0.05, 0.1) is 12.0 Å². The van der Waals surface area contributed by atoms with Crippen LogP contribution in [0.5, 0.6) is 11.5 Å². The van der Waals surface area contributed by atoms with Gasteiger partial charge in [-0.05, 0) is 18.1 Å². The zero-order valence-corrected chi connectivity index (χ0v) is 11.1. The number of ether oxygens (including phenoxy) is 1. The summed E-state index contributed by atoms with van der Waals surface area (Å²) in [6.45, 7) is 1.98. The van der Waals surface area contributed by atoms with Gasteiger partial charge in [-0.3, -0.25) is 10.1 Å². The molecule has 0 aliphatic carbocycles. The lowest BCUT2D eigenvalue weighted by Crippen LogP contribution is -2.10. The summed E-state index contributed by atoms with van der Waals surface area (Å²) in [6, 6.07) is 2.52. The standard InChI is InChI=1S/C11H16N2O4.ClH/c1-3-4-8(12)7-5-9(13(15)16)11(14)10(6-7)17-2;/h5-6,8,14H,3-4,12H2,1-2H3;1H/t8-;/m0./s1. The van der Waals surface area contributed by atoms with Gasteiger partial charge in [0.25, 0.3) is 0 Å². The molecule has 6 nitrogen and oxygen atoms in total. The Labute approximate surface area is 111 Å². The van der Waals surface area contributed by atoms with E-state index in [4.69, 9.17) is 10.5 Å². The molecule has 0 saturated heterocycles. The highest BCUT2D eigenvalue weighted by molar-refractivity contribution is 5.85. The van der Waals surface area contributed by atoms with E-state index in [1.165, 1.54) is 19.2 Å². The molecule has 0 radical (unpaired) electrons. The van der Waals surface area contributed by atoms with Crippen LogP contribution >= 0.6 is 12.4 Å². The minimum Gasteiger partial charge on any atom is -0.500 e. The highest BCUT2D eigenvalue weighted by atomic mass is 35.5. The van der Waals surface area contributed by atoms with E-state index in [0.717, 1.165) is 6.42 Å². The number of nitro groups is 1. The largest absolute Gasteiger partial charge is 0.500 e. The van der Waals surface area contributed by atoms with Crippen molar-refractivity contribution >= 4 is 18.1 Å². The first-order chi connectivity index (χ1) is 8.01. The van der Waals surface area contributed by atoms with E-state index in [9.17, 15) is 15.2 Å². The van der Waals surface area contributed by atoms with Crippen LogP contribution in [0.3, 0.4) is 0 Å². The van der Waals surface area contributed by atoms with E-state index in [2.05, 4.69) is 0 Å². The lowest BCUT2D eigenvalue weighted by molar-refractivity contribution is -0.386. The van der Waals surface area contributed by atoms with Crippen molar-refractivity contribution < 1.29 is 14.8 Å². The Kier molecular flexibility index (Phi) is 6.43. The average molecular weight is 277 g/mol. The molecule has 1 rings (SSSR count). The fourth-order valence-corrected chi connectivity index (χ4v) is 1.60. The Bertz CT molecular complexity index is 426. The van der Waals surface area contributed by atoms with E-state index in [1.807, 2.05) is 6.92 Å². The summed E-state index contributed by atoms with van der Waals surface area (Å²) in [4.78, 5) is 10.1. The maximum atomic E-state index is 10.8. The summed E-state index contributed by atoms with van der Waals surface area (Å²) >= 11 is 0. The van der Waals surface area contributed by atoms with Crippen molar-refractivity contribution in [1.82, 2.24) is 0 Å². The fourth-order valence-electron chi connectivity index (χ4n) is 1.60. The molecule has 0 heterocycles. The summed E-state index contributed by atoms with van der Waals surface area (Å²) in [5, 5.41) is 20.4. The molecular formula is C11H17ClN2O4. The predicted molar refractivity (Wildman–Crippen MR) is 70.4 cm³/mol. The van der Waals surface area contributed by atoms with Crippen molar-refractivity contribution in [2.75, 3.05) is 7.11 Å². The number of rotatable bonds is 5. The first-order valence-electron chi connectivity index (χ1n) is 5.32. The molecule has 102 valence electrons. The van der Waals surface area contributed by atoms with Crippen LogP contribution in [-0.4, -0.2) is 17.1 Å². The number of phenolic OH excluding ortho intramolecular Hbond substituents is 1. The van der Waals surface area contributed by atoms with E-state index in [1.54, 1.807) is 0 Å². The normalized spacial score (nSPS) is 11.5. The average Bonchev–Trinajstić information content (AvgIpc) is 2.29. The number of aromatic hydroxyl groups is 1. The van der Waals surface area contributed by atoms with Gasteiger partial charge in [0.1, 0.15) is 0 Å². The number of phenols is 1. The molecule has 1 atom stereocenters. The van der Waals surface area contributed by atoms with Crippen LogP contribution in [0, 0.1) is 10.1 Å². The van der Waals surface area contributed by atoms with Crippen molar-refractivity contribution in [2.45, 2.75) is 25.8 Å². The molecule has 18 heavy (non-hydrogen) atoms. The van der Waals surface area contributed by atoms with Gasteiger partial charge in [-0.25, -0.2) is 0 Å². The first-order valence-corrected chi connectivity index (χ1v) is 5.32. The molecule has 0 amide bonds. The molecule has 0 bridgehead atoms. The van der Waals surface area contributed by atoms with E-state index in [0.29, 0.717) is 12.0 Å². The van der Waals surface area contributed by atoms with Crippen LogP contribution in [0.4, 0.5) is 5.69 Å². The number of nitrogens with two attached hydrogens (primary N) is 1. The van der Waals surface area contributed by atoms with Gasteiger partial charge < -0.3 is 15.6 Å². The van der Waals surface area contributed by atoms with Gasteiger partial charge >= 0.3 is 5.69 Å². The number of nitro benzene ring substituents is 1. The van der Waals surface area contributed by atoms with Crippen LogP contribution < -0.4 is 10.5 Å². The van der Waals surface area contributed by atoms with Crippen molar-refractivity contribution in [3.8, 4) is 11.5 Å². The Morgan fingerprint density at radius 3 is 2.61 bits per heavy atom. The maximum absolute atomic E-state index is 10.8. The highest BCUT2D eigenvalue weighted by Gasteiger charge is 2.21. The van der Waals surface area contributed by atoms with Gasteiger partial charge in [0.15, 0.2) is 5.75 Å². The second kappa shape index (κ2) is 7.03. The summed E-state index contributed by atoms with van der Waals surface area (Å²) in [5.41, 5.74) is 6.10. The zero-order chi connectivity index (χ0) is 13.0. The predicted octanol–water partition coefficient (Wildman–Crippen LogP) is 2.53. The molecule has 3 N–H and O–H groups in total. The van der Waals surface area contributed by atoms with Gasteiger partial charge in [0.2, 0.25) is 5.75 Å². The van der Waals surface area contributed by atoms with Crippen molar-refractivity contribution in [3.63, 3.8) is 0 Å². The van der Waals surface area contributed by atoms with Crippen LogP contribution in [0.25, 0.3) is 0 Å². The maximum Gasteiger partial charge on any atom is 0.314 e. The van der Waals surface area contributed by atoms with Crippen LogP contribution in [0.1, 0.15) is 31.4 Å². The Balaban J connectivity index is 0.00000289. The third-order valence-electron chi connectivity index (χ3n) is 2.52. The second-order valence-electron chi connectivity index (χ2n) is 3.74. The lowest BCUT2D eigenvalue weighted by atomic mass is 10.0. The number of benzene rings is 1. The number of methoxy groups -OCH3 is 1. The van der Waals surface area contributed by atoms with Gasteiger partial charge in [-0.15, -0.1) is 12.4 Å². The Morgan fingerprint density at radius 2 is 2.17 bits per heavy atom. The first kappa shape index (κ1) is 16.5. The highest BCUT2D eigenvalue weighted by Crippen LogP contribution is 2.38. The number of nitrogens with zero attached hydrogens (tertiary/aromatic N) is 1. The molecule has 0 spiro atoms.